The molecule has 0 bridgehead atoms. The number of hydrogen-bond donors (Lipinski definition) is 3. The molecule has 9 heteroatoms. The fraction of sp³-hybridized carbons (Fsp3) is 0.375. The van der Waals surface area contributed by atoms with Crippen molar-refractivity contribution in [2.75, 3.05) is 24.7 Å². The average molecular weight is 488 g/mol. The molecule has 0 radical (unpaired) electrons. The van der Waals surface area contributed by atoms with Crippen molar-refractivity contribution in [3.8, 4) is 26.8 Å². The van der Waals surface area contributed by atoms with E-state index in [9.17, 15) is 8.42 Å². The lowest BCUT2D eigenvalue weighted by molar-refractivity contribution is 0.244. The smallest absolute Gasteiger partial charge is 0.214 e. The number of aliphatic hydroxyl groups excluding tert-OH is 1. The van der Waals surface area contributed by atoms with Gasteiger partial charge in [0.2, 0.25) is 10.0 Å². The molecule has 0 amide bonds. The van der Waals surface area contributed by atoms with Gasteiger partial charge in [0.1, 0.15) is 10.8 Å². The second-order valence-corrected chi connectivity index (χ2v) is 11.2. The predicted octanol–water partition coefficient (Wildman–Crippen LogP) is 4.21. The minimum absolute atomic E-state index is 0.0894. The van der Waals surface area contributed by atoms with Gasteiger partial charge in [-0.3, -0.25) is 0 Å². The number of benzene rings is 2. The molecule has 176 valence electrons. The summed E-state index contributed by atoms with van der Waals surface area (Å²) in [6, 6.07) is 11.8. The first-order chi connectivity index (χ1) is 15.8. The number of sulfonamides is 1. The Bertz CT molecular complexity index is 1240. The maximum Gasteiger partial charge on any atom is 0.214 e. The van der Waals surface area contributed by atoms with Gasteiger partial charge in [-0.25, -0.2) is 18.1 Å². The highest BCUT2D eigenvalue weighted by Gasteiger charge is 2.28. The minimum Gasteiger partial charge on any atom is -0.489 e. The Labute approximate surface area is 198 Å². The number of ether oxygens (including phenoxy) is 1. The summed E-state index contributed by atoms with van der Waals surface area (Å²) in [4.78, 5) is 5.72. The number of aromatic nitrogens is 1. The first-order valence-corrected chi connectivity index (χ1v) is 13.5. The Balaban J connectivity index is 1.62. The van der Waals surface area contributed by atoms with Crippen LogP contribution >= 0.6 is 11.3 Å². The van der Waals surface area contributed by atoms with Crippen LogP contribution in [0, 0.1) is 0 Å². The van der Waals surface area contributed by atoms with Crippen LogP contribution in [0.2, 0.25) is 0 Å². The van der Waals surface area contributed by atoms with Crippen LogP contribution in [-0.4, -0.2) is 44.0 Å². The molecule has 0 saturated heterocycles. The lowest BCUT2D eigenvalue weighted by Gasteiger charge is -2.15. The zero-order chi connectivity index (χ0) is 23.6. The molecular formula is C24H29N3O4S2. The summed E-state index contributed by atoms with van der Waals surface area (Å²) in [5.74, 6) is 0.524. The number of thiazole rings is 1. The van der Waals surface area contributed by atoms with Crippen molar-refractivity contribution < 1.29 is 18.3 Å². The Hall–Kier alpha value is -2.46. The number of fused-ring (bicyclic) bond motifs is 1. The van der Waals surface area contributed by atoms with Crippen LogP contribution in [0.15, 0.2) is 42.6 Å². The molecule has 1 unspecified atom stereocenters. The third kappa shape index (κ3) is 5.22. The van der Waals surface area contributed by atoms with E-state index >= 15 is 0 Å². The highest BCUT2D eigenvalue weighted by atomic mass is 32.2. The Kier molecular flexibility index (Phi) is 7.04. The monoisotopic (exact) mass is 487 g/mol. The zero-order valence-electron chi connectivity index (χ0n) is 19.0. The number of hydrogen-bond acceptors (Lipinski definition) is 7. The number of aliphatic hydroxyl groups is 1. The van der Waals surface area contributed by atoms with Crippen LogP contribution in [0.25, 0.3) is 21.0 Å². The van der Waals surface area contributed by atoms with E-state index in [1.54, 1.807) is 11.3 Å². The quantitative estimate of drug-likeness (QED) is 0.418. The molecule has 0 saturated carbocycles. The average Bonchev–Trinajstić information content (AvgIpc) is 3.41. The molecular weight excluding hydrogens is 458 g/mol. The van der Waals surface area contributed by atoms with E-state index < -0.39 is 16.6 Å². The van der Waals surface area contributed by atoms with Crippen molar-refractivity contribution in [2.24, 2.45) is 0 Å². The Morgan fingerprint density at radius 2 is 2.09 bits per heavy atom. The number of nitrogens with one attached hydrogen (secondary N) is 2. The fourth-order valence-corrected chi connectivity index (χ4v) is 6.15. The van der Waals surface area contributed by atoms with E-state index in [-0.39, 0.29) is 17.9 Å². The van der Waals surface area contributed by atoms with E-state index in [1.807, 2.05) is 57.4 Å². The number of rotatable bonds is 9. The van der Waals surface area contributed by atoms with E-state index in [1.165, 1.54) is 0 Å². The molecule has 33 heavy (non-hydrogen) atoms. The van der Waals surface area contributed by atoms with Gasteiger partial charge in [-0.2, -0.15) is 0 Å². The summed E-state index contributed by atoms with van der Waals surface area (Å²) >= 11 is 1.62. The van der Waals surface area contributed by atoms with Gasteiger partial charge < -0.3 is 15.2 Å². The summed E-state index contributed by atoms with van der Waals surface area (Å²) in [5.41, 5.74) is 5.16. The van der Waals surface area contributed by atoms with Gasteiger partial charge >= 0.3 is 0 Å². The van der Waals surface area contributed by atoms with Gasteiger partial charge in [0.15, 0.2) is 0 Å². The highest BCUT2D eigenvalue weighted by Crippen LogP contribution is 2.41. The van der Waals surface area contributed by atoms with Crippen LogP contribution in [0.1, 0.15) is 37.4 Å². The van der Waals surface area contributed by atoms with Crippen molar-refractivity contribution in [1.82, 2.24) is 9.71 Å². The molecule has 3 aromatic rings. The molecule has 1 aliphatic rings. The summed E-state index contributed by atoms with van der Waals surface area (Å²) in [6.07, 6.45) is 3.46. The molecule has 1 heterocycles. The minimum atomic E-state index is -3.51. The van der Waals surface area contributed by atoms with E-state index in [0.29, 0.717) is 6.42 Å². The van der Waals surface area contributed by atoms with Gasteiger partial charge in [0.05, 0.1) is 29.0 Å². The molecule has 7 nitrogen and oxygen atoms in total. The van der Waals surface area contributed by atoms with E-state index in [0.717, 1.165) is 50.0 Å². The third-order valence-electron chi connectivity index (χ3n) is 5.58. The van der Waals surface area contributed by atoms with Gasteiger partial charge in [-0.15, -0.1) is 11.3 Å². The topological polar surface area (TPSA) is 101 Å². The zero-order valence-corrected chi connectivity index (χ0v) is 20.6. The van der Waals surface area contributed by atoms with Gasteiger partial charge in [0.25, 0.3) is 0 Å². The van der Waals surface area contributed by atoms with Crippen LogP contribution in [0.3, 0.4) is 0 Å². The second kappa shape index (κ2) is 9.80. The third-order valence-corrected chi connectivity index (χ3v) is 8.03. The number of anilines is 1. The van der Waals surface area contributed by atoms with Crippen molar-refractivity contribution in [2.45, 2.75) is 38.8 Å². The van der Waals surface area contributed by atoms with Gasteiger partial charge in [-0.05, 0) is 61.6 Å². The van der Waals surface area contributed by atoms with Crippen molar-refractivity contribution in [1.29, 1.82) is 0 Å². The molecule has 1 atom stereocenters. The van der Waals surface area contributed by atoms with Crippen molar-refractivity contribution >= 4 is 27.0 Å². The summed E-state index contributed by atoms with van der Waals surface area (Å²) in [6.45, 7) is 3.61. The van der Waals surface area contributed by atoms with Gasteiger partial charge in [0, 0.05) is 24.8 Å². The molecule has 0 spiro atoms. The predicted molar refractivity (Wildman–Crippen MR) is 133 cm³/mol. The highest BCUT2D eigenvalue weighted by molar-refractivity contribution is 7.89. The van der Waals surface area contributed by atoms with Crippen molar-refractivity contribution in [3.63, 3.8) is 0 Å². The standard InChI is InChI=1S/C24H29N3O4S2/c1-15(2)31-22-10-7-16(13-21(22)25-3)24-26-14-23(32-24)19-6-4-5-18-17(19)8-9-20(18)27-33(29,30)12-11-28/h4-7,10,13-15,20,25,27-28H,8-9,11-12H2,1-3H3. The van der Waals surface area contributed by atoms with Crippen molar-refractivity contribution in [3.05, 3.63) is 53.7 Å². The fourth-order valence-electron chi connectivity index (χ4n) is 4.15. The first kappa shape index (κ1) is 23.7. The van der Waals surface area contributed by atoms with Gasteiger partial charge in [-0.1, -0.05) is 18.2 Å². The van der Waals surface area contributed by atoms with Crippen LogP contribution in [-0.2, 0) is 16.4 Å². The van der Waals surface area contributed by atoms with Crippen LogP contribution < -0.4 is 14.8 Å². The first-order valence-electron chi connectivity index (χ1n) is 11.0. The summed E-state index contributed by atoms with van der Waals surface area (Å²) in [7, 11) is -1.64. The van der Waals surface area contributed by atoms with Crippen LogP contribution in [0.5, 0.6) is 5.75 Å². The number of nitrogens with zero attached hydrogens (tertiary/aromatic N) is 1. The second-order valence-electron chi connectivity index (χ2n) is 8.28. The molecule has 3 N–H and O–H groups in total. The van der Waals surface area contributed by atoms with E-state index in [2.05, 4.69) is 21.1 Å². The lowest BCUT2D eigenvalue weighted by Crippen LogP contribution is -2.30. The summed E-state index contributed by atoms with van der Waals surface area (Å²) in [5, 5.41) is 13.1. The molecule has 1 aliphatic carbocycles. The summed E-state index contributed by atoms with van der Waals surface area (Å²) < 4.78 is 32.9. The van der Waals surface area contributed by atoms with Crippen LogP contribution in [0.4, 0.5) is 5.69 Å². The molecule has 1 aromatic heterocycles. The molecule has 2 aromatic carbocycles. The molecule has 0 aliphatic heterocycles. The lowest BCUT2D eigenvalue weighted by atomic mass is 10.0. The maximum absolute atomic E-state index is 12.2. The Morgan fingerprint density at radius 1 is 1.27 bits per heavy atom. The maximum atomic E-state index is 12.2. The Morgan fingerprint density at radius 3 is 2.82 bits per heavy atom. The largest absolute Gasteiger partial charge is 0.489 e. The normalized spacial score (nSPS) is 15.6. The SMILES string of the molecule is CNc1cc(-c2ncc(-c3cccc4c3CCC4NS(=O)(=O)CCO)s2)ccc1OC(C)C. The van der Waals surface area contributed by atoms with E-state index in [4.69, 9.17) is 9.84 Å². The molecule has 4 rings (SSSR count). The molecule has 0 fully saturated rings.